The van der Waals surface area contributed by atoms with Crippen molar-refractivity contribution in [1.82, 2.24) is 4.98 Å². The van der Waals surface area contributed by atoms with Crippen LogP contribution in [-0.4, -0.2) is 30.6 Å². The van der Waals surface area contributed by atoms with E-state index in [1.807, 2.05) is 0 Å². The molecule has 2 amide bonds. The molecule has 12 heteroatoms. The zero-order valence-corrected chi connectivity index (χ0v) is 17.8. The summed E-state index contributed by atoms with van der Waals surface area (Å²) in [5.41, 5.74) is -2.82. The number of anilines is 2. The Morgan fingerprint density at radius 2 is 1.74 bits per heavy atom. The molecule has 2 N–H and O–H groups in total. The van der Waals surface area contributed by atoms with Gasteiger partial charge in [-0.25, -0.2) is 14.2 Å². The SMILES string of the molecule is O=C(Nc1cc2c(cc1F)OCO2)Nc1cccnc1Oc1ccccc1C1(C(F)(F)F)CCO1. The minimum Gasteiger partial charge on any atom is -0.454 e. The van der Waals surface area contributed by atoms with E-state index in [-0.39, 0.29) is 59.9 Å². The molecule has 0 spiro atoms. The van der Waals surface area contributed by atoms with Crippen molar-refractivity contribution < 1.29 is 41.3 Å². The summed E-state index contributed by atoms with van der Waals surface area (Å²) in [4.78, 5) is 16.6. The van der Waals surface area contributed by atoms with Gasteiger partial charge in [-0.2, -0.15) is 13.2 Å². The molecule has 0 aliphatic carbocycles. The molecule has 2 aliphatic heterocycles. The van der Waals surface area contributed by atoms with E-state index in [9.17, 15) is 22.4 Å². The third-order valence-corrected chi connectivity index (χ3v) is 5.52. The molecule has 1 unspecified atom stereocenters. The summed E-state index contributed by atoms with van der Waals surface area (Å²) in [5, 5.41) is 4.80. The van der Waals surface area contributed by atoms with E-state index in [0.717, 1.165) is 6.07 Å². The number of fused-ring (bicyclic) bond motifs is 1. The molecule has 1 aromatic heterocycles. The first-order valence-electron chi connectivity index (χ1n) is 10.4. The number of alkyl halides is 3. The molecule has 0 saturated carbocycles. The third kappa shape index (κ3) is 4.16. The van der Waals surface area contributed by atoms with Gasteiger partial charge in [0, 0.05) is 30.3 Å². The van der Waals surface area contributed by atoms with Crippen LogP contribution in [0.25, 0.3) is 0 Å². The van der Waals surface area contributed by atoms with Gasteiger partial charge in [-0.05, 0) is 18.2 Å². The summed E-state index contributed by atoms with van der Waals surface area (Å²) in [6.45, 7) is -0.107. The summed E-state index contributed by atoms with van der Waals surface area (Å²) < 4.78 is 76.7. The number of aromatic nitrogens is 1. The number of carbonyl (C=O) groups is 1. The van der Waals surface area contributed by atoms with Gasteiger partial charge in [0.2, 0.25) is 12.7 Å². The van der Waals surface area contributed by atoms with Crippen molar-refractivity contribution in [3.8, 4) is 23.1 Å². The highest BCUT2D eigenvalue weighted by atomic mass is 19.4. The topological polar surface area (TPSA) is 90.9 Å². The second-order valence-corrected chi connectivity index (χ2v) is 7.64. The highest BCUT2D eigenvalue weighted by Crippen LogP contribution is 2.53. The van der Waals surface area contributed by atoms with Gasteiger partial charge < -0.3 is 29.6 Å². The van der Waals surface area contributed by atoms with Crippen LogP contribution < -0.4 is 24.8 Å². The largest absolute Gasteiger partial charge is 0.454 e. The molecule has 1 atom stereocenters. The van der Waals surface area contributed by atoms with Crippen molar-refractivity contribution in [3.63, 3.8) is 0 Å². The lowest BCUT2D eigenvalue weighted by Gasteiger charge is -2.43. The predicted molar refractivity (Wildman–Crippen MR) is 114 cm³/mol. The third-order valence-electron chi connectivity index (χ3n) is 5.52. The fourth-order valence-corrected chi connectivity index (χ4v) is 3.74. The Labute approximate surface area is 195 Å². The van der Waals surface area contributed by atoms with Crippen molar-refractivity contribution in [2.24, 2.45) is 0 Å². The number of rotatable bonds is 5. The number of ether oxygens (including phenoxy) is 4. The molecule has 2 aromatic carbocycles. The van der Waals surface area contributed by atoms with E-state index in [4.69, 9.17) is 18.9 Å². The zero-order valence-electron chi connectivity index (χ0n) is 17.8. The van der Waals surface area contributed by atoms with E-state index in [0.29, 0.717) is 0 Å². The Hall–Kier alpha value is -4.06. The summed E-state index contributed by atoms with van der Waals surface area (Å²) in [6, 6.07) is 9.99. The summed E-state index contributed by atoms with van der Waals surface area (Å²) in [7, 11) is 0. The number of carbonyl (C=O) groups excluding carboxylic acids is 1. The fraction of sp³-hybridized carbons (Fsp3) is 0.217. The molecule has 0 radical (unpaired) electrons. The number of hydrogen-bond donors (Lipinski definition) is 2. The summed E-state index contributed by atoms with van der Waals surface area (Å²) >= 11 is 0. The van der Waals surface area contributed by atoms with Crippen LogP contribution >= 0.6 is 0 Å². The van der Waals surface area contributed by atoms with Crippen LogP contribution in [0, 0.1) is 5.82 Å². The first-order valence-corrected chi connectivity index (χ1v) is 10.4. The van der Waals surface area contributed by atoms with Crippen molar-refractivity contribution >= 4 is 17.4 Å². The van der Waals surface area contributed by atoms with Crippen molar-refractivity contribution in [3.05, 3.63) is 66.1 Å². The van der Waals surface area contributed by atoms with E-state index < -0.39 is 23.6 Å². The minimum atomic E-state index is -4.66. The number of halogens is 4. The Bertz CT molecular complexity index is 1280. The van der Waals surface area contributed by atoms with Gasteiger partial charge in [-0.1, -0.05) is 18.2 Å². The highest BCUT2D eigenvalue weighted by Gasteiger charge is 2.62. The second-order valence-electron chi connectivity index (χ2n) is 7.64. The Balaban J connectivity index is 1.37. The number of hydrogen-bond acceptors (Lipinski definition) is 6. The monoisotopic (exact) mass is 491 g/mol. The van der Waals surface area contributed by atoms with Gasteiger partial charge in [0.05, 0.1) is 12.3 Å². The molecule has 5 rings (SSSR count). The van der Waals surface area contributed by atoms with Gasteiger partial charge in [0.15, 0.2) is 22.9 Å². The lowest BCUT2D eigenvalue weighted by atomic mass is 9.85. The normalized spacial score (nSPS) is 18.5. The van der Waals surface area contributed by atoms with E-state index in [1.165, 1.54) is 48.7 Å². The quantitative estimate of drug-likeness (QED) is 0.454. The van der Waals surface area contributed by atoms with Crippen LogP contribution in [0.5, 0.6) is 23.1 Å². The van der Waals surface area contributed by atoms with Gasteiger partial charge >= 0.3 is 12.2 Å². The summed E-state index contributed by atoms with van der Waals surface area (Å²) in [6.07, 6.45) is -3.57. The molecule has 3 heterocycles. The lowest BCUT2D eigenvalue weighted by Crippen LogP contribution is -2.52. The molecule has 0 bridgehead atoms. The molecular formula is C23H17F4N3O5. The highest BCUT2D eigenvalue weighted by molar-refractivity contribution is 6.00. The lowest BCUT2D eigenvalue weighted by molar-refractivity contribution is -0.333. The van der Waals surface area contributed by atoms with E-state index in [1.54, 1.807) is 0 Å². The van der Waals surface area contributed by atoms with E-state index >= 15 is 0 Å². The van der Waals surface area contributed by atoms with Crippen molar-refractivity contribution in [2.75, 3.05) is 24.0 Å². The molecule has 2 aliphatic rings. The maximum Gasteiger partial charge on any atom is 0.421 e. The first kappa shape index (κ1) is 22.7. The van der Waals surface area contributed by atoms with Crippen LogP contribution in [0.15, 0.2) is 54.7 Å². The maximum atomic E-state index is 14.3. The Morgan fingerprint density at radius 3 is 2.46 bits per heavy atom. The first-order chi connectivity index (χ1) is 16.8. The number of urea groups is 1. The summed E-state index contributed by atoms with van der Waals surface area (Å²) in [5.74, 6) is -0.576. The zero-order chi connectivity index (χ0) is 24.6. The number of nitrogens with zero attached hydrogens (tertiary/aromatic N) is 1. The number of para-hydroxylation sites is 1. The Morgan fingerprint density at radius 1 is 1.03 bits per heavy atom. The molecule has 1 fully saturated rings. The molecule has 3 aromatic rings. The molecule has 182 valence electrons. The van der Waals surface area contributed by atoms with Crippen LogP contribution in [0.2, 0.25) is 0 Å². The van der Waals surface area contributed by atoms with Crippen LogP contribution in [0.4, 0.5) is 33.7 Å². The predicted octanol–water partition coefficient (Wildman–Crippen LogP) is 5.56. The van der Waals surface area contributed by atoms with Crippen molar-refractivity contribution in [2.45, 2.75) is 18.2 Å². The van der Waals surface area contributed by atoms with Crippen molar-refractivity contribution in [1.29, 1.82) is 0 Å². The maximum absolute atomic E-state index is 14.3. The smallest absolute Gasteiger partial charge is 0.421 e. The molecular weight excluding hydrogens is 474 g/mol. The average Bonchev–Trinajstić information content (AvgIpc) is 3.22. The number of nitrogens with one attached hydrogen (secondary N) is 2. The number of pyridine rings is 1. The van der Waals surface area contributed by atoms with Gasteiger partial charge in [0.1, 0.15) is 11.4 Å². The fourth-order valence-electron chi connectivity index (χ4n) is 3.74. The molecule has 8 nitrogen and oxygen atoms in total. The molecule has 35 heavy (non-hydrogen) atoms. The van der Waals surface area contributed by atoms with Gasteiger partial charge in [-0.15, -0.1) is 0 Å². The van der Waals surface area contributed by atoms with Gasteiger partial charge in [-0.3, -0.25) is 0 Å². The minimum absolute atomic E-state index is 0.0385. The average molecular weight is 491 g/mol. The Kier molecular flexibility index (Phi) is 5.59. The van der Waals surface area contributed by atoms with Crippen LogP contribution in [0.3, 0.4) is 0 Å². The van der Waals surface area contributed by atoms with Crippen LogP contribution in [-0.2, 0) is 10.3 Å². The standard InChI is InChI=1S/C23H17F4N3O5/c24-14-10-18-19(33-12-32-18)11-16(14)30-21(31)29-15-5-3-8-28-20(15)35-17-6-2-1-4-13(17)22(7-9-34-22)23(25,26)27/h1-6,8,10-11H,7,9,12H2,(H2,29,30,31). The van der Waals surface area contributed by atoms with Crippen LogP contribution in [0.1, 0.15) is 12.0 Å². The molecule has 1 saturated heterocycles. The number of benzene rings is 2. The van der Waals surface area contributed by atoms with Gasteiger partial charge in [0.25, 0.3) is 0 Å². The second kappa shape index (κ2) is 8.62. The number of amides is 2. The van der Waals surface area contributed by atoms with E-state index in [2.05, 4.69) is 15.6 Å².